The molecule has 2 rings (SSSR count). The van der Waals surface area contributed by atoms with E-state index in [2.05, 4.69) is 24.3 Å². The van der Waals surface area contributed by atoms with E-state index >= 15 is 0 Å². The van der Waals surface area contributed by atoms with Crippen LogP contribution in [0.15, 0.2) is 30.3 Å². The number of hydrogen-bond donors (Lipinski definition) is 1. The van der Waals surface area contributed by atoms with Gasteiger partial charge in [0.25, 0.3) is 0 Å². The van der Waals surface area contributed by atoms with Crippen LogP contribution in [0.25, 0.3) is 0 Å². The van der Waals surface area contributed by atoms with E-state index in [9.17, 15) is 5.11 Å². The summed E-state index contributed by atoms with van der Waals surface area (Å²) in [6.07, 6.45) is 5.65. The summed E-state index contributed by atoms with van der Waals surface area (Å²) in [5.41, 5.74) is 0. The van der Waals surface area contributed by atoms with Crippen molar-refractivity contribution in [2.75, 3.05) is 0 Å². The second-order valence-electron chi connectivity index (χ2n) is 4.08. The molecule has 0 radical (unpaired) electrons. The molecule has 14 heavy (non-hydrogen) atoms. The lowest BCUT2D eigenvalue weighted by Gasteiger charge is -2.32. The van der Waals surface area contributed by atoms with E-state index in [1.165, 1.54) is 24.6 Å². The van der Waals surface area contributed by atoms with Gasteiger partial charge in [0.15, 0.2) is 0 Å². The fourth-order valence-corrected chi connectivity index (χ4v) is 3.55. The Morgan fingerprint density at radius 1 is 1.00 bits per heavy atom. The summed E-state index contributed by atoms with van der Waals surface area (Å²) in [5.74, 6) is 0. The smallest absolute Gasteiger partial charge is 0.0848 e. The molecule has 1 saturated carbocycles. The van der Waals surface area contributed by atoms with Crippen molar-refractivity contribution in [1.29, 1.82) is 0 Å². The van der Waals surface area contributed by atoms with Gasteiger partial charge in [-0.15, -0.1) is 0 Å². The molecule has 0 saturated heterocycles. The molecule has 0 bridgehead atoms. The van der Waals surface area contributed by atoms with E-state index in [-0.39, 0.29) is 5.34 Å². The SMILES string of the molecule is OC1(Pc2ccccc2)CCCCC1. The van der Waals surface area contributed by atoms with Crippen LogP contribution < -0.4 is 5.30 Å². The van der Waals surface area contributed by atoms with Gasteiger partial charge in [-0.05, 0) is 18.1 Å². The van der Waals surface area contributed by atoms with Crippen molar-refractivity contribution < 1.29 is 5.11 Å². The van der Waals surface area contributed by atoms with Crippen LogP contribution in [0.5, 0.6) is 0 Å². The minimum Gasteiger partial charge on any atom is -0.385 e. The first-order valence-corrected chi connectivity index (χ1v) is 6.34. The molecular weight excluding hydrogens is 191 g/mol. The van der Waals surface area contributed by atoms with Crippen LogP contribution in [0.2, 0.25) is 0 Å². The third kappa shape index (κ3) is 2.56. The van der Waals surface area contributed by atoms with Gasteiger partial charge < -0.3 is 5.11 Å². The largest absolute Gasteiger partial charge is 0.385 e. The molecule has 1 nitrogen and oxygen atoms in total. The van der Waals surface area contributed by atoms with Gasteiger partial charge in [0, 0.05) is 0 Å². The maximum atomic E-state index is 10.3. The zero-order chi connectivity index (χ0) is 9.86. The van der Waals surface area contributed by atoms with Crippen LogP contribution in [0, 0.1) is 0 Å². The average molecular weight is 208 g/mol. The quantitative estimate of drug-likeness (QED) is 0.741. The van der Waals surface area contributed by atoms with Crippen molar-refractivity contribution in [3.63, 3.8) is 0 Å². The summed E-state index contributed by atoms with van der Waals surface area (Å²) in [7, 11) is 0.562. The van der Waals surface area contributed by atoms with Crippen molar-refractivity contribution in [3.8, 4) is 0 Å². The first kappa shape index (κ1) is 10.1. The second kappa shape index (κ2) is 4.42. The third-order valence-electron chi connectivity index (χ3n) is 2.83. The molecule has 1 aliphatic carbocycles. The van der Waals surface area contributed by atoms with E-state index < -0.39 is 0 Å². The van der Waals surface area contributed by atoms with E-state index in [0.717, 1.165) is 12.8 Å². The molecule has 0 aromatic heterocycles. The monoisotopic (exact) mass is 208 g/mol. The summed E-state index contributed by atoms with van der Waals surface area (Å²) in [4.78, 5) is 0. The fraction of sp³-hybridized carbons (Fsp3) is 0.500. The Labute approximate surface area is 87.3 Å². The van der Waals surface area contributed by atoms with Gasteiger partial charge in [0.2, 0.25) is 0 Å². The highest BCUT2D eigenvalue weighted by molar-refractivity contribution is 7.48. The lowest BCUT2D eigenvalue weighted by molar-refractivity contribution is 0.0918. The predicted octanol–water partition coefficient (Wildman–Crippen LogP) is 2.64. The highest BCUT2D eigenvalue weighted by atomic mass is 31.1. The third-order valence-corrected chi connectivity index (χ3v) is 4.42. The maximum absolute atomic E-state index is 10.3. The summed E-state index contributed by atoms with van der Waals surface area (Å²) in [6, 6.07) is 10.4. The van der Waals surface area contributed by atoms with Gasteiger partial charge in [-0.1, -0.05) is 58.2 Å². The molecule has 1 N–H and O–H groups in total. The number of rotatable bonds is 2. The van der Waals surface area contributed by atoms with Crippen molar-refractivity contribution in [3.05, 3.63) is 30.3 Å². The van der Waals surface area contributed by atoms with Crippen molar-refractivity contribution >= 4 is 13.9 Å². The molecule has 1 unspecified atom stereocenters. The Balaban J connectivity index is 2.02. The maximum Gasteiger partial charge on any atom is 0.0848 e. The Bertz CT molecular complexity index is 278. The molecule has 0 heterocycles. The Hall–Kier alpha value is -0.390. The van der Waals surface area contributed by atoms with Crippen molar-refractivity contribution in [2.45, 2.75) is 37.4 Å². The zero-order valence-electron chi connectivity index (χ0n) is 8.37. The van der Waals surface area contributed by atoms with Gasteiger partial charge >= 0.3 is 0 Å². The van der Waals surface area contributed by atoms with Crippen molar-refractivity contribution in [1.82, 2.24) is 0 Å². The van der Waals surface area contributed by atoms with E-state index in [0.29, 0.717) is 8.58 Å². The zero-order valence-corrected chi connectivity index (χ0v) is 9.37. The van der Waals surface area contributed by atoms with Gasteiger partial charge in [-0.25, -0.2) is 0 Å². The van der Waals surface area contributed by atoms with Crippen molar-refractivity contribution in [2.24, 2.45) is 0 Å². The van der Waals surface area contributed by atoms with Gasteiger partial charge in [-0.3, -0.25) is 0 Å². The highest BCUT2D eigenvalue weighted by Gasteiger charge is 2.28. The molecule has 0 amide bonds. The summed E-state index contributed by atoms with van der Waals surface area (Å²) in [5, 5.41) is 11.2. The van der Waals surface area contributed by atoms with Gasteiger partial charge in [0.05, 0.1) is 5.34 Å². The van der Waals surface area contributed by atoms with E-state index in [4.69, 9.17) is 0 Å². The Kier molecular flexibility index (Phi) is 3.20. The van der Waals surface area contributed by atoms with Crippen LogP contribution in [0.1, 0.15) is 32.1 Å². The van der Waals surface area contributed by atoms with Crippen LogP contribution in [0.3, 0.4) is 0 Å². The minimum absolute atomic E-state index is 0.389. The molecule has 1 aromatic rings. The molecule has 1 aromatic carbocycles. The van der Waals surface area contributed by atoms with E-state index in [1.54, 1.807) is 0 Å². The lowest BCUT2D eigenvalue weighted by Crippen LogP contribution is -2.27. The standard InChI is InChI=1S/C12H17OP/c13-12(9-5-2-6-10-12)14-11-7-3-1-4-8-11/h1,3-4,7-8,13-14H,2,5-6,9-10H2. The molecule has 1 aliphatic rings. The summed E-state index contributed by atoms with van der Waals surface area (Å²) < 4.78 is 0. The molecule has 2 heteroatoms. The Morgan fingerprint density at radius 2 is 1.64 bits per heavy atom. The number of benzene rings is 1. The highest BCUT2D eigenvalue weighted by Crippen LogP contribution is 2.41. The topological polar surface area (TPSA) is 20.2 Å². The normalized spacial score (nSPS) is 21.5. The van der Waals surface area contributed by atoms with Gasteiger partial charge in [0.1, 0.15) is 0 Å². The Morgan fingerprint density at radius 3 is 2.29 bits per heavy atom. The van der Waals surface area contributed by atoms with E-state index in [1.807, 2.05) is 6.07 Å². The molecule has 0 aliphatic heterocycles. The fourth-order valence-electron chi connectivity index (χ4n) is 2.05. The summed E-state index contributed by atoms with van der Waals surface area (Å²) in [6.45, 7) is 0. The van der Waals surface area contributed by atoms with Crippen LogP contribution in [-0.4, -0.2) is 10.4 Å². The molecular formula is C12H17OP. The predicted molar refractivity (Wildman–Crippen MR) is 62.4 cm³/mol. The number of aliphatic hydroxyl groups is 1. The molecule has 76 valence electrons. The first-order valence-electron chi connectivity index (χ1n) is 5.34. The second-order valence-corrected chi connectivity index (χ2v) is 5.84. The molecule has 0 spiro atoms. The van der Waals surface area contributed by atoms with Crippen LogP contribution >= 0.6 is 8.58 Å². The summed E-state index contributed by atoms with van der Waals surface area (Å²) >= 11 is 0. The first-order chi connectivity index (χ1) is 6.79. The molecule has 1 atom stereocenters. The number of hydrogen-bond acceptors (Lipinski definition) is 1. The lowest BCUT2D eigenvalue weighted by atomic mass is 9.97. The molecule has 1 fully saturated rings. The van der Waals surface area contributed by atoms with Gasteiger partial charge in [-0.2, -0.15) is 0 Å². The minimum atomic E-state index is -0.389. The average Bonchev–Trinajstić information content (AvgIpc) is 2.19. The van der Waals surface area contributed by atoms with Crippen LogP contribution in [0.4, 0.5) is 0 Å². The van der Waals surface area contributed by atoms with Crippen LogP contribution in [-0.2, 0) is 0 Å².